The number of anilines is 1. The molecule has 0 amide bonds. The van der Waals surface area contributed by atoms with Crippen LogP contribution in [0.5, 0.6) is 0 Å². The zero-order valence-electron chi connectivity index (χ0n) is 9.77. The monoisotopic (exact) mass is 304 g/mol. The molecule has 7 heteroatoms. The van der Waals surface area contributed by atoms with E-state index in [4.69, 9.17) is 10.8 Å². The van der Waals surface area contributed by atoms with Crippen molar-refractivity contribution in [1.29, 1.82) is 0 Å². The summed E-state index contributed by atoms with van der Waals surface area (Å²) in [7, 11) is 0. The molecule has 0 aliphatic heterocycles. The second-order valence-corrected chi connectivity index (χ2v) is 4.26. The summed E-state index contributed by atoms with van der Waals surface area (Å²) in [6.45, 7) is 4.00. The molecule has 96 valence electrons. The minimum Gasteiger partial charge on any atom is -0.394 e. The summed E-state index contributed by atoms with van der Waals surface area (Å²) in [5.74, 6) is 0. The van der Waals surface area contributed by atoms with Crippen LogP contribution in [0, 0.1) is 0 Å². The molecule has 0 bridgehead atoms. The lowest BCUT2D eigenvalue weighted by molar-refractivity contribution is 0.266. The minimum absolute atomic E-state index is 0.112. The highest BCUT2D eigenvalue weighted by Crippen LogP contribution is 2.20. The Kier molecular flexibility index (Phi) is 5.60. The van der Waals surface area contributed by atoms with Crippen molar-refractivity contribution >= 4 is 21.6 Å². The number of aliphatic hydroxyl groups is 1. The zero-order chi connectivity index (χ0) is 12.8. The average molecular weight is 305 g/mol. The lowest BCUT2D eigenvalue weighted by Gasteiger charge is -2.23. The van der Waals surface area contributed by atoms with Gasteiger partial charge in [0, 0.05) is 19.6 Å². The van der Waals surface area contributed by atoms with Crippen LogP contribution in [0.4, 0.5) is 5.69 Å². The summed E-state index contributed by atoms with van der Waals surface area (Å²) in [4.78, 5) is 13.9. The Balaban J connectivity index is 3.10. The molecular formula is C10H17BrN4O2. The number of nitrogens with zero attached hydrogens (tertiary/aromatic N) is 3. The van der Waals surface area contributed by atoms with Crippen molar-refractivity contribution in [2.24, 2.45) is 5.73 Å². The van der Waals surface area contributed by atoms with Crippen LogP contribution in [-0.2, 0) is 6.54 Å². The molecule has 0 saturated heterocycles. The molecule has 1 aromatic heterocycles. The Bertz CT molecular complexity index is 421. The zero-order valence-corrected chi connectivity index (χ0v) is 11.4. The molecule has 1 heterocycles. The van der Waals surface area contributed by atoms with E-state index in [1.54, 1.807) is 6.20 Å². The first kappa shape index (κ1) is 14.1. The van der Waals surface area contributed by atoms with E-state index in [-0.39, 0.29) is 18.7 Å². The summed E-state index contributed by atoms with van der Waals surface area (Å²) >= 11 is 3.28. The standard InChI is InChI=1S/C10H17BrN4O2/c1-2-14(4-3-12)8-7-13-15(5-6-16)10(17)9(8)11/h7,16H,2-6,12H2,1H3. The normalized spacial score (nSPS) is 10.6. The van der Waals surface area contributed by atoms with Gasteiger partial charge in [-0.15, -0.1) is 0 Å². The highest BCUT2D eigenvalue weighted by Gasteiger charge is 2.13. The molecule has 0 unspecified atom stereocenters. The van der Waals surface area contributed by atoms with Crippen LogP contribution in [0.2, 0.25) is 0 Å². The van der Waals surface area contributed by atoms with Crippen molar-refractivity contribution in [3.8, 4) is 0 Å². The predicted octanol–water partition coefficient (Wildman–Crippen LogP) is -0.217. The number of rotatable bonds is 6. The summed E-state index contributed by atoms with van der Waals surface area (Å²) in [5.41, 5.74) is 6.00. The minimum atomic E-state index is -0.243. The molecule has 0 atom stereocenters. The number of hydrogen-bond donors (Lipinski definition) is 2. The second kappa shape index (κ2) is 6.73. The van der Waals surface area contributed by atoms with Gasteiger partial charge in [-0.25, -0.2) is 4.68 Å². The highest BCUT2D eigenvalue weighted by atomic mass is 79.9. The number of likely N-dealkylation sites (N-methyl/N-ethyl adjacent to an activating group) is 1. The van der Waals surface area contributed by atoms with E-state index < -0.39 is 0 Å². The first-order chi connectivity index (χ1) is 8.15. The van der Waals surface area contributed by atoms with Gasteiger partial charge >= 0.3 is 0 Å². The van der Waals surface area contributed by atoms with Gasteiger partial charge in [-0.1, -0.05) is 0 Å². The molecule has 0 aliphatic rings. The highest BCUT2D eigenvalue weighted by molar-refractivity contribution is 9.10. The summed E-state index contributed by atoms with van der Waals surface area (Å²) in [6.07, 6.45) is 1.61. The third-order valence-electron chi connectivity index (χ3n) is 2.40. The van der Waals surface area contributed by atoms with E-state index >= 15 is 0 Å². The Morgan fingerprint density at radius 1 is 1.65 bits per heavy atom. The van der Waals surface area contributed by atoms with Crippen LogP contribution in [0.15, 0.2) is 15.5 Å². The third-order valence-corrected chi connectivity index (χ3v) is 3.15. The van der Waals surface area contributed by atoms with Gasteiger partial charge < -0.3 is 15.7 Å². The Labute approximate surface area is 108 Å². The van der Waals surface area contributed by atoms with Crippen molar-refractivity contribution in [2.45, 2.75) is 13.5 Å². The van der Waals surface area contributed by atoms with Crippen molar-refractivity contribution in [1.82, 2.24) is 9.78 Å². The van der Waals surface area contributed by atoms with E-state index in [1.807, 2.05) is 11.8 Å². The molecule has 0 aliphatic carbocycles. The van der Waals surface area contributed by atoms with Gasteiger partial charge in [0.25, 0.3) is 5.56 Å². The van der Waals surface area contributed by atoms with E-state index in [0.717, 1.165) is 12.2 Å². The maximum Gasteiger partial charge on any atom is 0.283 e. The molecule has 0 saturated carbocycles. The molecule has 6 nitrogen and oxygen atoms in total. The van der Waals surface area contributed by atoms with Gasteiger partial charge in [0.1, 0.15) is 4.47 Å². The van der Waals surface area contributed by atoms with Gasteiger partial charge in [0.2, 0.25) is 0 Å². The molecule has 0 radical (unpaired) electrons. The lowest BCUT2D eigenvalue weighted by atomic mass is 10.3. The fourth-order valence-electron chi connectivity index (χ4n) is 1.54. The van der Waals surface area contributed by atoms with Crippen LogP contribution in [-0.4, -0.2) is 41.1 Å². The molecular weight excluding hydrogens is 288 g/mol. The quantitative estimate of drug-likeness (QED) is 0.759. The number of aliphatic hydroxyl groups excluding tert-OH is 1. The molecule has 17 heavy (non-hydrogen) atoms. The number of aromatic nitrogens is 2. The Morgan fingerprint density at radius 3 is 2.88 bits per heavy atom. The van der Waals surface area contributed by atoms with Crippen molar-refractivity contribution in [3.05, 3.63) is 21.0 Å². The number of hydrogen-bond acceptors (Lipinski definition) is 5. The number of nitrogens with two attached hydrogens (primary N) is 1. The van der Waals surface area contributed by atoms with Crippen LogP contribution in [0.3, 0.4) is 0 Å². The van der Waals surface area contributed by atoms with Crippen LogP contribution in [0.25, 0.3) is 0 Å². The SMILES string of the molecule is CCN(CCN)c1cnn(CCO)c(=O)c1Br. The first-order valence-corrected chi connectivity index (χ1v) is 6.26. The van der Waals surface area contributed by atoms with Gasteiger partial charge in [-0.2, -0.15) is 5.10 Å². The van der Waals surface area contributed by atoms with Crippen LogP contribution < -0.4 is 16.2 Å². The average Bonchev–Trinajstić information content (AvgIpc) is 2.33. The molecule has 0 aromatic carbocycles. The molecule has 0 fully saturated rings. The largest absolute Gasteiger partial charge is 0.394 e. The summed E-state index contributed by atoms with van der Waals surface area (Å²) in [5, 5.41) is 12.8. The van der Waals surface area contributed by atoms with Crippen LogP contribution in [0.1, 0.15) is 6.92 Å². The Morgan fingerprint density at radius 2 is 2.35 bits per heavy atom. The lowest BCUT2D eigenvalue weighted by Crippen LogP contribution is -2.33. The first-order valence-electron chi connectivity index (χ1n) is 5.47. The topological polar surface area (TPSA) is 84.4 Å². The fourth-order valence-corrected chi connectivity index (χ4v) is 2.09. The van der Waals surface area contributed by atoms with Gasteiger partial charge in [-0.05, 0) is 22.9 Å². The third kappa shape index (κ3) is 3.27. The van der Waals surface area contributed by atoms with Crippen molar-refractivity contribution in [3.63, 3.8) is 0 Å². The van der Waals surface area contributed by atoms with Crippen molar-refractivity contribution < 1.29 is 5.11 Å². The molecule has 0 spiro atoms. The summed E-state index contributed by atoms with van der Waals surface area (Å²) in [6, 6.07) is 0. The van der Waals surface area contributed by atoms with E-state index in [1.165, 1.54) is 4.68 Å². The molecule has 1 aromatic rings. The Hall–Kier alpha value is -0.920. The van der Waals surface area contributed by atoms with Crippen molar-refractivity contribution in [2.75, 3.05) is 31.1 Å². The maximum absolute atomic E-state index is 11.9. The predicted molar refractivity (Wildman–Crippen MR) is 70.2 cm³/mol. The second-order valence-electron chi connectivity index (χ2n) is 3.46. The fraction of sp³-hybridized carbons (Fsp3) is 0.600. The van der Waals surface area contributed by atoms with Gasteiger partial charge in [-0.3, -0.25) is 4.79 Å². The van der Waals surface area contributed by atoms with E-state index in [2.05, 4.69) is 21.0 Å². The number of halogens is 1. The van der Waals surface area contributed by atoms with Gasteiger partial charge in [0.15, 0.2) is 0 Å². The maximum atomic E-state index is 11.9. The molecule has 3 N–H and O–H groups in total. The van der Waals surface area contributed by atoms with Crippen LogP contribution >= 0.6 is 15.9 Å². The smallest absolute Gasteiger partial charge is 0.283 e. The molecule has 1 rings (SSSR count). The van der Waals surface area contributed by atoms with Gasteiger partial charge in [0.05, 0.1) is 25.0 Å². The summed E-state index contributed by atoms with van der Waals surface area (Å²) < 4.78 is 1.68. The van der Waals surface area contributed by atoms with E-state index in [0.29, 0.717) is 17.6 Å². The van der Waals surface area contributed by atoms with E-state index in [9.17, 15) is 4.79 Å².